The van der Waals surface area contributed by atoms with Crippen LogP contribution in [0.2, 0.25) is 0 Å². The van der Waals surface area contributed by atoms with Crippen LogP contribution in [0.5, 0.6) is 11.5 Å². The summed E-state index contributed by atoms with van der Waals surface area (Å²) in [4.78, 5) is 2.95. The first-order chi connectivity index (χ1) is 11.8. The van der Waals surface area contributed by atoms with Gasteiger partial charge in [0, 0.05) is 18.0 Å². The molecule has 0 aromatic heterocycles. The normalized spacial score (nSPS) is 15.7. The van der Waals surface area contributed by atoms with Gasteiger partial charge in [0.2, 0.25) is 0 Å². The number of fused-ring (bicyclic) bond motifs is 1. The number of phenolic OH excluding ortho intramolecular Hbond substituents is 2. The van der Waals surface area contributed by atoms with E-state index in [0.717, 1.165) is 54.5 Å². The lowest BCUT2D eigenvalue weighted by Gasteiger charge is -2.16. The molecule has 2 N–H and O–H groups in total. The Morgan fingerprint density at radius 2 is 1.80 bits per heavy atom. The molecule has 3 rings (SSSR count). The molecular weight excluding hydrogens is 351 g/mol. The number of alkyl halides is 3. The van der Waals surface area contributed by atoms with E-state index in [1.165, 1.54) is 6.07 Å². The molecule has 0 aliphatic carbocycles. The maximum Gasteiger partial charge on any atom is 0.416 e. The number of hydrogen-bond acceptors (Lipinski definition) is 4. The van der Waals surface area contributed by atoms with Gasteiger partial charge in [-0.15, -0.1) is 0 Å². The van der Waals surface area contributed by atoms with Crippen LogP contribution in [-0.2, 0) is 19.0 Å². The summed E-state index contributed by atoms with van der Waals surface area (Å²) in [7, 11) is 1.99. The van der Waals surface area contributed by atoms with Gasteiger partial charge < -0.3 is 15.1 Å². The second-order valence-electron chi connectivity index (χ2n) is 6.14. The lowest BCUT2D eigenvalue weighted by Crippen LogP contribution is -2.20. The van der Waals surface area contributed by atoms with E-state index in [1.807, 2.05) is 7.05 Å². The second kappa shape index (κ2) is 6.80. The van der Waals surface area contributed by atoms with Crippen molar-refractivity contribution in [3.05, 3.63) is 47.0 Å². The number of likely N-dealkylation sites (N-methyl/N-ethyl adjacent to an activating group) is 1. The lowest BCUT2D eigenvalue weighted by molar-refractivity contribution is -0.137. The van der Waals surface area contributed by atoms with Crippen molar-refractivity contribution in [3.8, 4) is 11.5 Å². The third-order valence-corrected chi connectivity index (χ3v) is 5.45. The van der Waals surface area contributed by atoms with Crippen LogP contribution in [-0.4, -0.2) is 35.3 Å². The van der Waals surface area contributed by atoms with Gasteiger partial charge in [-0.3, -0.25) is 0 Å². The number of nitrogens with zero attached hydrogens (tertiary/aromatic N) is 1. The first-order valence-electron chi connectivity index (χ1n) is 7.86. The molecule has 0 saturated heterocycles. The molecule has 0 unspecified atom stereocenters. The van der Waals surface area contributed by atoms with Gasteiger partial charge >= 0.3 is 6.18 Å². The molecule has 7 heteroatoms. The molecule has 0 amide bonds. The van der Waals surface area contributed by atoms with Gasteiger partial charge in [0.25, 0.3) is 0 Å². The van der Waals surface area contributed by atoms with Crippen molar-refractivity contribution in [2.24, 2.45) is 0 Å². The molecule has 0 bridgehead atoms. The third kappa shape index (κ3) is 3.88. The molecule has 1 aliphatic heterocycles. The SMILES string of the molecule is CN1CCc2cc(O)c(O)c(Sc3cccc(C(F)(F)F)c3)c2CC1. The van der Waals surface area contributed by atoms with Crippen molar-refractivity contribution in [3.63, 3.8) is 0 Å². The van der Waals surface area contributed by atoms with Crippen molar-refractivity contribution < 1.29 is 23.4 Å². The maximum absolute atomic E-state index is 12.9. The number of aromatic hydroxyl groups is 2. The first-order valence-corrected chi connectivity index (χ1v) is 8.67. The molecule has 1 aliphatic rings. The van der Waals surface area contributed by atoms with Crippen molar-refractivity contribution in [2.45, 2.75) is 28.8 Å². The van der Waals surface area contributed by atoms with E-state index in [4.69, 9.17) is 0 Å². The fourth-order valence-electron chi connectivity index (χ4n) is 2.91. The summed E-state index contributed by atoms with van der Waals surface area (Å²) in [5.41, 5.74) is 1.08. The van der Waals surface area contributed by atoms with Gasteiger partial charge in [0.05, 0.1) is 10.5 Å². The Bertz CT molecular complexity index is 793. The van der Waals surface area contributed by atoms with E-state index < -0.39 is 11.7 Å². The Hall–Kier alpha value is -1.86. The van der Waals surface area contributed by atoms with Crippen molar-refractivity contribution in [1.82, 2.24) is 4.90 Å². The zero-order valence-corrected chi connectivity index (χ0v) is 14.4. The largest absolute Gasteiger partial charge is 0.504 e. The minimum Gasteiger partial charge on any atom is -0.504 e. The van der Waals surface area contributed by atoms with E-state index in [0.29, 0.717) is 16.2 Å². The van der Waals surface area contributed by atoms with Gasteiger partial charge in [-0.25, -0.2) is 0 Å². The zero-order valence-electron chi connectivity index (χ0n) is 13.6. The highest BCUT2D eigenvalue weighted by Gasteiger charge is 2.30. The number of benzene rings is 2. The highest BCUT2D eigenvalue weighted by molar-refractivity contribution is 7.99. The van der Waals surface area contributed by atoms with Crippen LogP contribution in [0, 0.1) is 0 Å². The Morgan fingerprint density at radius 1 is 1.08 bits per heavy atom. The van der Waals surface area contributed by atoms with E-state index in [1.54, 1.807) is 12.1 Å². The molecule has 0 fully saturated rings. The highest BCUT2D eigenvalue weighted by atomic mass is 32.2. The van der Waals surface area contributed by atoms with Gasteiger partial charge in [-0.2, -0.15) is 13.2 Å². The maximum atomic E-state index is 12.9. The Balaban J connectivity index is 2.02. The van der Waals surface area contributed by atoms with Crippen LogP contribution in [0.1, 0.15) is 16.7 Å². The first kappa shape index (κ1) is 17.9. The Morgan fingerprint density at radius 3 is 2.52 bits per heavy atom. The highest BCUT2D eigenvalue weighted by Crippen LogP contribution is 2.45. The number of hydrogen-bond donors (Lipinski definition) is 2. The van der Waals surface area contributed by atoms with Crippen LogP contribution in [0.3, 0.4) is 0 Å². The molecule has 0 radical (unpaired) electrons. The van der Waals surface area contributed by atoms with Crippen molar-refractivity contribution in [1.29, 1.82) is 0 Å². The third-order valence-electron chi connectivity index (χ3n) is 4.32. The minimum absolute atomic E-state index is 0.238. The molecular formula is C18H18F3NO2S. The van der Waals surface area contributed by atoms with E-state index >= 15 is 0 Å². The molecule has 0 atom stereocenters. The number of rotatable bonds is 2. The number of halogens is 3. The van der Waals surface area contributed by atoms with Crippen LogP contribution >= 0.6 is 11.8 Å². The molecule has 2 aromatic rings. The molecule has 25 heavy (non-hydrogen) atoms. The second-order valence-corrected chi connectivity index (χ2v) is 7.23. The summed E-state index contributed by atoms with van der Waals surface area (Å²) in [6.45, 7) is 1.61. The Kier molecular flexibility index (Phi) is 4.88. The van der Waals surface area contributed by atoms with Crippen LogP contribution in [0.15, 0.2) is 40.1 Å². The van der Waals surface area contributed by atoms with E-state index in [9.17, 15) is 23.4 Å². The lowest BCUT2D eigenvalue weighted by atomic mass is 10.0. The van der Waals surface area contributed by atoms with Crippen molar-refractivity contribution >= 4 is 11.8 Å². The molecule has 1 heterocycles. The number of phenols is 2. The molecule has 2 aromatic carbocycles. The van der Waals surface area contributed by atoms with Gasteiger partial charge in [-0.1, -0.05) is 17.8 Å². The molecule has 134 valence electrons. The smallest absolute Gasteiger partial charge is 0.416 e. The van der Waals surface area contributed by atoms with Gasteiger partial charge in [0.15, 0.2) is 11.5 Å². The summed E-state index contributed by atoms with van der Waals surface area (Å²) in [5.74, 6) is -0.511. The summed E-state index contributed by atoms with van der Waals surface area (Å²) in [6, 6.07) is 6.54. The summed E-state index contributed by atoms with van der Waals surface area (Å²) in [5, 5.41) is 20.3. The minimum atomic E-state index is -4.42. The quantitative estimate of drug-likeness (QED) is 0.775. The van der Waals surface area contributed by atoms with Gasteiger partial charge in [-0.05, 0) is 55.3 Å². The van der Waals surface area contributed by atoms with Crippen LogP contribution in [0.25, 0.3) is 0 Å². The molecule has 3 nitrogen and oxygen atoms in total. The average molecular weight is 369 g/mol. The van der Waals surface area contributed by atoms with Crippen LogP contribution < -0.4 is 0 Å². The summed E-state index contributed by atoms with van der Waals surface area (Å²) >= 11 is 1.06. The average Bonchev–Trinajstić information content (AvgIpc) is 2.73. The topological polar surface area (TPSA) is 43.7 Å². The van der Waals surface area contributed by atoms with Crippen molar-refractivity contribution in [2.75, 3.05) is 20.1 Å². The molecule has 0 spiro atoms. The van der Waals surface area contributed by atoms with E-state index in [-0.39, 0.29) is 11.5 Å². The molecule has 0 saturated carbocycles. The standard InChI is InChI=1S/C18H18F3NO2S/c1-22-7-5-11-9-15(23)16(24)17(14(11)6-8-22)25-13-4-2-3-12(10-13)18(19,20)21/h2-4,9-10,23-24H,5-8H2,1H3. The fourth-order valence-corrected chi connectivity index (χ4v) is 4.04. The fraction of sp³-hybridized carbons (Fsp3) is 0.333. The summed E-state index contributed by atoms with van der Waals surface area (Å²) < 4.78 is 38.7. The Labute approximate surface area is 148 Å². The summed E-state index contributed by atoms with van der Waals surface area (Å²) in [6.07, 6.45) is -3.03. The zero-order chi connectivity index (χ0) is 18.2. The monoisotopic (exact) mass is 369 g/mol. The van der Waals surface area contributed by atoms with Gasteiger partial charge in [0.1, 0.15) is 0 Å². The predicted octanol–water partition coefficient (Wildman–Crippen LogP) is 4.30. The van der Waals surface area contributed by atoms with E-state index in [2.05, 4.69) is 4.90 Å². The van der Waals surface area contributed by atoms with Crippen LogP contribution in [0.4, 0.5) is 13.2 Å². The predicted molar refractivity (Wildman–Crippen MR) is 90.2 cm³/mol.